The predicted octanol–water partition coefficient (Wildman–Crippen LogP) is 3.29. The van der Waals surface area contributed by atoms with Gasteiger partial charge in [0.15, 0.2) is 0 Å². The summed E-state index contributed by atoms with van der Waals surface area (Å²) in [7, 11) is 1.73. The highest BCUT2D eigenvalue weighted by Crippen LogP contribution is 2.35. The van der Waals surface area contributed by atoms with E-state index in [2.05, 4.69) is 9.88 Å². The molecular formula is C29H30N4O4. The second kappa shape index (κ2) is 10.5. The lowest BCUT2D eigenvalue weighted by molar-refractivity contribution is -0.136. The number of piperidine rings is 1. The first-order valence-electron chi connectivity index (χ1n) is 12.5. The zero-order valence-corrected chi connectivity index (χ0v) is 20.8. The van der Waals surface area contributed by atoms with Crippen molar-refractivity contribution in [3.8, 4) is 0 Å². The van der Waals surface area contributed by atoms with Gasteiger partial charge < -0.3 is 14.9 Å². The van der Waals surface area contributed by atoms with Crippen LogP contribution >= 0.6 is 0 Å². The van der Waals surface area contributed by atoms with E-state index in [0.717, 1.165) is 16.8 Å². The van der Waals surface area contributed by atoms with E-state index >= 15 is 0 Å². The van der Waals surface area contributed by atoms with Gasteiger partial charge in [-0.05, 0) is 48.2 Å². The minimum absolute atomic E-state index is 0.0164. The van der Waals surface area contributed by atoms with E-state index < -0.39 is 6.10 Å². The van der Waals surface area contributed by atoms with Crippen molar-refractivity contribution in [1.29, 1.82) is 0 Å². The molecule has 2 aliphatic rings. The van der Waals surface area contributed by atoms with Crippen LogP contribution in [0.15, 0.2) is 73.1 Å². The Morgan fingerprint density at radius 1 is 1.00 bits per heavy atom. The van der Waals surface area contributed by atoms with Gasteiger partial charge in [-0.15, -0.1) is 0 Å². The maximum Gasteiger partial charge on any atom is 0.263 e. The SMILES string of the molecule is CN(C[C@@H](O)c1ccccc1)C(=O)C1CCN(c2cccc3c2C(=O)N(Cc2ccncc2)C3=O)CC1. The molecule has 2 aromatic carbocycles. The topological polar surface area (TPSA) is 94.1 Å². The first-order chi connectivity index (χ1) is 17.9. The summed E-state index contributed by atoms with van der Waals surface area (Å²) in [6.07, 6.45) is 3.82. The molecule has 0 spiro atoms. The number of hydrogen-bond acceptors (Lipinski definition) is 6. The third kappa shape index (κ3) is 4.97. The first-order valence-corrected chi connectivity index (χ1v) is 12.5. The van der Waals surface area contributed by atoms with Crippen LogP contribution in [0, 0.1) is 5.92 Å². The second-order valence-electron chi connectivity index (χ2n) is 9.66. The zero-order valence-electron chi connectivity index (χ0n) is 20.8. The van der Waals surface area contributed by atoms with Gasteiger partial charge in [-0.25, -0.2) is 0 Å². The fraction of sp³-hybridized carbons (Fsp3) is 0.310. The number of carbonyl (C=O) groups is 3. The molecule has 190 valence electrons. The monoisotopic (exact) mass is 498 g/mol. The molecule has 8 nitrogen and oxygen atoms in total. The minimum Gasteiger partial charge on any atom is -0.387 e. The summed E-state index contributed by atoms with van der Waals surface area (Å²) in [6, 6.07) is 18.3. The lowest BCUT2D eigenvalue weighted by Crippen LogP contribution is -2.42. The van der Waals surface area contributed by atoms with Crippen LogP contribution < -0.4 is 4.90 Å². The lowest BCUT2D eigenvalue weighted by atomic mass is 9.94. The standard InChI is InChI=1S/C29H30N4O4/c1-31(19-25(34)21-6-3-2-4-7-21)27(35)22-12-16-32(17-13-22)24-9-5-8-23-26(24)29(37)33(28(23)36)18-20-10-14-30-15-11-20/h2-11,14-15,22,25,34H,12-13,16-19H2,1H3/t25-/m1/s1. The minimum atomic E-state index is -0.735. The number of aliphatic hydroxyl groups is 1. The van der Waals surface area contributed by atoms with E-state index in [1.54, 1.807) is 42.5 Å². The van der Waals surface area contributed by atoms with Gasteiger partial charge in [-0.1, -0.05) is 36.4 Å². The highest BCUT2D eigenvalue weighted by molar-refractivity contribution is 6.23. The molecule has 0 unspecified atom stereocenters. The first kappa shape index (κ1) is 24.6. The van der Waals surface area contributed by atoms with Gasteiger partial charge in [0.1, 0.15) is 0 Å². The average molecular weight is 499 g/mol. The van der Waals surface area contributed by atoms with Crippen molar-refractivity contribution in [1.82, 2.24) is 14.8 Å². The van der Waals surface area contributed by atoms with Crippen molar-refractivity contribution in [2.24, 2.45) is 5.92 Å². The Bertz CT molecular complexity index is 1290. The van der Waals surface area contributed by atoms with Crippen LogP contribution in [0.5, 0.6) is 0 Å². The van der Waals surface area contributed by atoms with Crippen molar-refractivity contribution in [2.45, 2.75) is 25.5 Å². The number of likely N-dealkylation sites (N-methyl/N-ethyl adjacent to an activating group) is 1. The van der Waals surface area contributed by atoms with Crippen LogP contribution in [-0.2, 0) is 11.3 Å². The number of aromatic nitrogens is 1. The van der Waals surface area contributed by atoms with Crippen molar-refractivity contribution < 1.29 is 19.5 Å². The predicted molar refractivity (Wildman–Crippen MR) is 139 cm³/mol. The molecule has 1 aromatic heterocycles. The summed E-state index contributed by atoms with van der Waals surface area (Å²) >= 11 is 0. The summed E-state index contributed by atoms with van der Waals surface area (Å²) in [5.74, 6) is -0.716. The van der Waals surface area contributed by atoms with E-state index in [1.807, 2.05) is 42.5 Å². The number of fused-ring (bicyclic) bond motifs is 1. The lowest BCUT2D eigenvalue weighted by Gasteiger charge is -2.35. The molecule has 1 saturated heterocycles. The van der Waals surface area contributed by atoms with Crippen LogP contribution in [0.3, 0.4) is 0 Å². The molecule has 3 amide bonds. The largest absolute Gasteiger partial charge is 0.387 e. The van der Waals surface area contributed by atoms with Crippen molar-refractivity contribution >= 4 is 23.4 Å². The number of carbonyl (C=O) groups excluding carboxylic acids is 3. The second-order valence-corrected chi connectivity index (χ2v) is 9.66. The Kier molecular flexibility index (Phi) is 7.01. The maximum absolute atomic E-state index is 13.3. The zero-order chi connectivity index (χ0) is 25.9. The fourth-order valence-corrected chi connectivity index (χ4v) is 5.20. The average Bonchev–Trinajstić information content (AvgIpc) is 3.18. The van der Waals surface area contributed by atoms with Crippen LogP contribution in [0.2, 0.25) is 0 Å². The van der Waals surface area contributed by atoms with Crippen molar-refractivity contribution in [3.05, 3.63) is 95.3 Å². The van der Waals surface area contributed by atoms with Gasteiger partial charge in [0.25, 0.3) is 11.8 Å². The molecule has 3 heterocycles. The summed E-state index contributed by atoms with van der Waals surface area (Å²) in [4.78, 5) is 48.5. The summed E-state index contributed by atoms with van der Waals surface area (Å²) < 4.78 is 0. The molecule has 5 rings (SSSR count). The number of aliphatic hydroxyl groups excluding tert-OH is 1. The maximum atomic E-state index is 13.3. The molecule has 1 fully saturated rings. The molecule has 1 atom stereocenters. The number of anilines is 1. The van der Waals surface area contributed by atoms with Gasteiger partial charge >= 0.3 is 0 Å². The molecule has 8 heteroatoms. The molecule has 3 aromatic rings. The normalized spacial score (nSPS) is 16.6. The quantitative estimate of drug-likeness (QED) is 0.503. The Hall–Kier alpha value is -4.04. The van der Waals surface area contributed by atoms with Crippen LogP contribution in [0.25, 0.3) is 0 Å². The van der Waals surface area contributed by atoms with Crippen molar-refractivity contribution in [3.63, 3.8) is 0 Å². The number of imide groups is 1. The van der Waals surface area contributed by atoms with Crippen LogP contribution in [-0.4, -0.2) is 64.3 Å². The molecule has 0 radical (unpaired) electrons. The van der Waals surface area contributed by atoms with Crippen LogP contribution in [0.1, 0.15) is 50.8 Å². The van der Waals surface area contributed by atoms with E-state index in [-0.39, 0.29) is 36.7 Å². The molecule has 2 aliphatic heterocycles. The van der Waals surface area contributed by atoms with E-state index in [9.17, 15) is 19.5 Å². The number of benzene rings is 2. The van der Waals surface area contributed by atoms with Gasteiger partial charge in [0.05, 0.1) is 36.0 Å². The summed E-state index contributed by atoms with van der Waals surface area (Å²) in [5, 5.41) is 10.5. The number of amides is 3. The summed E-state index contributed by atoms with van der Waals surface area (Å²) in [6.45, 7) is 1.65. The fourth-order valence-electron chi connectivity index (χ4n) is 5.20. The highest BCUT2D eigenvalue weighted by Gasteiger charge is 2.39. The molecule has 0 bridgehead atoms. The third-order valence-corrected chi connectivity index (χ3v) is 7.26. The Morgan fingerprint density at radius 3 is 2.41 bits per heavy atom. The van der Waals surface area contributed by atoms with Crippen LogP contribution in [0.4, 0.5) is 5.69 Å². The summed E-state index contributed by atoms with van der Waals surface area (Å²) in [5.41, 5.74) is 3.23. The molecule has 0 aliphatic carbocycles. The Morgan fingerprint density at radius 2 is 1.70 bits per heavy atom. The smallest absolute Gasteiger partial charge is 0.263 e. The Balaban J connectivity index is 1.24. The van der Waals surface area contributed by atoms with E-state index in [4.69, 9.17) is 0 Å². The van der Waals surface area contributed by atoms with Gasteiger partial charge in [-0.2, -0.15) is 0 Å². The molecule has 0 saturated carbocycles. The van der Waals surface area contributed by atoms with Crippen molar-refractivity contribution in [2.75, 3.05) is 31.6 Å². The van der Waals surface area contributed by atoms with Gasteiger partial charge in [0, 0.05) is 38.4 Å². The molecule has 37 heavy (non-hydrogen) atoms. The molecule has 1 N–H and O–H groups in total. The number of pyridine rings is 1. The number of rotatable bonds is 7. The Labute approximate surface area is 216 Å². The van der Waals surface area contributed by atoms with Gasteiger partial charge in [0.2, 0.25) is 5.91 Å². The number of hydrogen-bond donors (Lipinski definition) is 1. The van der Waals surface area contributed by atoms with Gasteiger partial charge in [-0.3, -0.25) is 24.3 Å². The third-order valence-electron chi connectivity index (χ3n) is 7.26. The van der Waals surface area contributed by atoms with E-state index in [0.29, 0.717) is 37.1 Å². The highest BCUT2D eigenvalue weighted by atomic mass is 16.3. The van der Waals surface area contributed by atoms with E-state index in [1.165, 1.54) is 4.90 Å². The molecular weight excluding hydrogens is 468 g/mol. The number of nitrogens with zero attached hydrogens (tertiary/aromatic N) is 4.